The molecule has 112 valence electrons. The Morgan fingerprint density at radius 3 is 2.90 bits per heavy atom. The van der Waals surface area contributed by atoms with Gasteiger partial charge in [0, 0.05) is 11.4 Å². The van der Waals surface area contributed by atoms with E-state index in [2.05, 4.69) is 12.2 Å². The third-order valence-electron chi connectivity index (χ3n) is 3.01. The van der Waals surface area contributed by atoms with E-state index >= 15 is 0 Å². The number of nitrogens with two attached hydrogens (primary N) is 1. The van der Waals surface area contributed by atoms with Crippen LogP contribution in [-0.2, 0) is 11.3 Å². The number of hydrogen-bond donors (Lipinski definition) is 2. The second kappa shape index (κ2) is 7.81. The fraction of sp³-hybridized carbons (Fsp3) is 0.312. The maximum atomic E-state index is 11.7. The lowest BCUT2D eigenvalue weighted by atomic mass is 10.1. The molecule has 0 saturated carbocycles. The molecule has 0 radical (unpaired) electrons. The molecule has 0 fully saturated rings. The Bertz CT molecular complexity index is 569. The first-order chi connectivity index (χ1) is 10.2. The Hall–Kier alpha value is -1.85. The minimum Gasteiger partial charge on any atom is -0.494 e. The van der Waals surface area contributed by atoms with Crippen LogP contribution >= 0.6 is 11.3 Å². The number of rotatable bonds is 8. The van der Waals surface area contributed by atoms with Gasteiger partial charge in [0.1, 0.15) is 11.8 Å². The van der Waals surface area contributed by atoms with Crippen LogP contribution in [-0.4, -0.2) is 12.5 Å². The summed E-state index contributed by atoms with van der Waals surface area (Å²) in [7, 11) is 0. The predicted molar refractivity (Wildman–Crippen MR) is 85.3 cm³/mol. The van der Waals surface area contributed by atoms with Crippen molar-refractivity contribution >= 4 is 17.2 Å². The summed E-state index contributed by atoms with van der Waals surface area (Å²) in [5.41, 5.74) is 6.35. The molecule has 1 aromatic heterocycles. The lowest BCUT2D eigenvalue weighted by molar-refractivity contribution is -0.120. The van der Waals surface area contributed by atoms with Crippen LogP contribution in [0.15, 0.2) is 41.8 Å². The number of carbonyl (C=O) groups excluding carboxylic acids is 1. The second-order valence-corrected chi connectivity index (χ2v) is 5.75. The van der Waals surface area contributed by atoms with E-state index in [1.54, 1.807) is 11.3 Å². The maximum absolute atomic E-state index is 11.7. The second-order valence-electron chi connectivity index (χ2n) is 4.72. The van der Waals surface area contributed by atoms with Crippen molar-refractivity contribution in [3.05, 3.63) is 52.2 Å². The Morgan fingerprint density at radius 2 is 2.24 bits per heavy atom. The Balaban J connectivity index is 2.08. The molecule has 1 amide bonds. The normalized spacial score (nSPS) is 12.0. The largest absolute Gasteiger partial charge is 0.494 e. The third-order valence-corrected chi connectivity index (χ3v) is 3.89. The molecule has 1 unspecified atom stereocenters. The average Bonchev–Trinajstić information content (AvgIpc) is 2.99. The molecule has 0 spiro atoms. The molecule has 21 heavy (non-hydrogen) atoms. The topological polar surface area (TPSA) is 64.3 Å². The van der Waals surface area contributed by atoms with Gasteiger partial charge in [-0.25, -0.2) is 0 Å². The molecule has 0 aliphatic heterocycles. The van der Waals surface area contributed by atoms with E-state index in [9.17, 15) is 4.79 Å². The average molecular weight is 304 g/mol. The van der Waals surface area contributed by atoms with Crippen LogP contribution in [0, 0.1) is 0 Å². The Morgan fingerprint density at radius 1 is 1.38 bits per heavy atom. The molecule has 5 heteroatoms. The molecule has 2 rings (SSSR count). The van der Waals surface area contributed by atoms with Crippen LogP contribution in [0.25, 0.3) is 0 Å². The summed E-state index contributed by atoms with van der Waals surface area (Å²) in [6.07, 6.45) is 0.945. The minimum atomic E-state index is -0.516. The molecule has 1 heterocycles. The summed E-state index contributed by atoms with van der Waals surface area (Å²) in [5.74, 6) is 0.373. The van der Waals surface area contributed by atoms with Crippen LogP contribution in [0.4, 0.5) is 0 Å². The van der Waals surface area contributed by atoms with Crippen molar-refractivity contribution in [3.63, 3.8) is 0 Å². The molecule has 2 aromatic rings. The smallest absolute Gasteiger partial charge is 0.239 e. The highest BCUT2D eigenvalue weighted by molar-refractivity contribution is 7.09. The van der Waals surface area contributed by atoms with Gasteiger partial charge in [-0.15, -0.1) is 11.3 Å². The van der Waals surface area contributed by atoms with E-state index < -0.39 is 6.04 Å². The predicted octanol–water partition coefficient (Wildman–Crippen LogP) is 2.85. The van der Waals surface area contributed by atoms with Gasteiger partial charge in [0.25, 0.3) is 0 Å². The number of ether oxygens (including phenoxy) is 1. The molecule has 4 nitrogen and oxygen atoms in total. The van der Waals surface area contributed by atoms with Gasteiger partial charge in [0.15, 0.2) is 0 Å². The van der Waals surface area contributed by atoms with Crippen LogP contribution in [0.1, 0.15) is 29.8 Å². The fourth-order valence-electron chi connectivity index (χ4n) is 2.00. The van der Waals surface area contributed by atoms with E-state index in [1.165, 1.54) is 4.88 Å². The zero-order valence-corrected chi connectivity index (χ0v) is 12.9. The molecular weight excluding hydrogens is 284 g/mol. The number of thiophene rings is 1. The highest BCUT2D eigenvalue weighted by Crippen LogP contribution is 2.20. The van der Waals surface area contributed by atoms with E-state index in [1.807, 2.05) is 41.8 Å². The van der Waals surface area contributed by atoms with Crippen LogP contribution in [0.3, 0.4) is 0 Å². The van der Waals surface area contributed by atoms with Crippen molar-refractivity contribution in [3.8, 4) is 5.75 Å². The molecule has 0 aliphatic carbocycles. The number of hydrogen-bond acceptors (Lipinski definition) is 4. The zero-order chi connectivity index (χ0) is 15.1. The van der Waals surface area contributed by atoms with Gasteiger partial charge in [0.05, 0.1) is 6.61 Å². The Labute approximate surface area is 128 Å². The monoisotopic (exact) mass is 304 g/mol. The number of benzene rings is 1. The third kappa shape index (κ3) is 4.58. The van der Waals surface area contributed by atoms with Crippen molar-refractivity contribution in [2.75, 3.05) is 6.61 Å². The summed E-state index contributed by atoms with van der Waals surface area (Å²) in [6.45, 7) is 3.33. The fourth-order valence-corrected chi connectivity index (χ4v) is 2.66. The van der Waals surface area contributed by atoms with Crippen molar-refractivity contribution in [1.29, 1.82) is 0 Å². The van der Waals surface area contributed by atoms with E-state index in [-0.39, 0.29) is 5.91 Å². The highest BCUT2D eigenvalue weighted by atomic mass is 32.1. The Kier molecular flexibility index (Phi) is 5.78. The van der Waals surface area contributed by atoms with Gasteiger partial charge in [0.2, 0.25) is 5.91 Å². The van der Waals surface area contributed by atoms with Crippen molar-refractivity contribution in [2.45, 2.75) is 25.9 Å². The molecule has 0 saturated heterocycles. The number of carbonyl (C=O) groups is 1. The zero-order valence-electron chi connectivity index (χ0n) is 12.0. The standard InChI is InChI=1S/C16H20N2O2S/c1-2-8-20-13-6-3-5-12(10-13)15(16(17)19)18-11-14-7-4-9-21-14/h3-7,9-10,15,18H,2,8,11H2,1H3,(H2,17,19). The van der Waals surface area contributed by atoms with E-state index in [0.717, 1.165) is 17.7 Å². The quantitative estimate of drug-likeness (QED) is 0.788. The lowest BCUT2D eigenvalue weighted by Gasteiger charge is -2.16. The SMILES string of the molecule is CCCOc1cccc(C(NCc2cccs2)C(N)=O)c1. The van der Waals surface area contributed by atoms with E-state index in [0.29, 0.717) is 13.2 Å². The molecule has 3 N–H and O–H groups in total. The van der Waals surface area contributed by atoms with Crippen molar-refractivity contribution in [2.24, 2.45) is 5.73 Å². The number of primary amides is 1. The van der Waals surface area contributed by atoms with Gasteiger partial charge in [-0.1, -0.05) is 25.1 Å². The summed E-state index contributed by atoms with van der Waals surface area (Å²) in [6, 6.07) is 11.0. The maximum Gasteiger partial charge on any atom is 0.239 e. The minimum absolute atomic E-state index is 0.390. The van der Waals surface area contributed by atoms with Crippen LogP contribution in [0.5, 0.6) is 5.75 Å². The first-order valence-corrected chi connectivity index (χ1v) is 7.86. The van der Waals surface area contributed by atoms with Crippen LogP contribution in [0.2, 0.25) is 0 Å². The molecule has 1 aromatic carbocycles. The summed E-state index contributed by atoms with van der Waals surface area (Å²) >= 11 is 1.65. The van der Waals surface area contributed by atoms with Crippen LogP contribution < -0.4 is 15.8 Å². The first kappa shape index (κ1) is 15.5. The van der Waals surface area contributed by atoms with Gasteiger partial charge in [-0.2, -0.15) is 0 Å². The lowest BCUT2D eigenvalue weighted by Crippen LogP contribution is -2.33. The van der Waals surface area contributed by atoms with E-state index in [4.69, 9.17) is 10.5 Å². The molecular formula is C16H20N2O2S. The van der Waals surface area contributed by atoms with Crippen molar-refractivity contribution in [1.82, 2.24) is 5.32 Å². The van der Waals surface area contributed by atoms with Crippen molar-refractivity contribution < 1.29 is 9.53 Å². The molecule has 1 atom stereocenters. The molecule has 0 bridgehead atoms. The highest BCUT2D eigenvalue weighted by Gasteiger charge is 2.17. The van der Waals surface area contributed by atoms with Gasteiger partial charge in [-0.3, -0.25) is 10.1 Å². The van der Waals surface area contributed by atoms with Gasteiger partial charge >= 0.3 is 0 Å². The number of amides is 1. The summed E-state index contributed by atoms with van der Waals surface area (Å²) in [5, 5.41) is 5.21. The number of nitrogens with one attached hydrogen (secondary N) is 1. The first-order valence-electron chi connectivity index (χ1n) is 6.98. The van der Waals surface area contributed by atoms with Gasteiger partial charge in [-0.05, 0) is 35.6 Å². The van der Waals surface area contributed by atoms with Gasteiger partial charge < -0.3 is 10.5 Å². The summed E-state index contributed by atoms with van der Waals surface area (Å²) < 4.78 is 5.60. The summed E-state index contributed by atoms with van der Waals surface area (Å²) in [4.78, 5) is 12.9. The molecule has 0 aliphatic rings.